The zero-order chi connectivity index (χ0) is 10.3. The van der Waals surface area contributed by atoms with E-state index in [0.29, 0.717) is 0 Å². The average Bonchev–Trinajstić information content (AvgIpc) is 2.90. The average molecular weight is 203 g/mol. The van der Waals surface area contributed by atoms with Crippen molar-refractivity contribution in [3.8, 4) is 0 Å². The van der Waals surface area contributed by atoms with Crippen LogP contribution in [-0.4, -0.2) is 16.3 Å². The lowest BCUT2D eigenvalue weighted by Gasteiger charge is -2.18. The molecule has 2 bridgehead atoms. The second-order valence-electron chi connectivity index (χ2n) is 4.82. The lowest BCUT2D eigenvalue weighted by atomic mass is 9.94. The second-order valence-corrected chi connectivity index (χ2v) is 4.82. The van der Waals surface area contributed by atoms with Crippen LogP contribution in [-0.2, 0) is 7.05 Å². The summed E-state index contributed by atoms with van der Waals surface area (Å²) in [5.41, 5.74) is 1.14. The molecule has 1 saturated carbocycles. The summed E-state index contributed by atoms with van der Waals surface area (Å²) in [7, 11) is 1.95. The number of anilines is 1. The minimum Gasteiger partial charge on any atom is -0.382 e. The molecule has 2 aliphatic rings. The highest BCUT2D eigenvalue weighted by Gasteiger charge is 2.35. The molecule has 2 aliphatic carbocycles. The first-order chi connectivity index (χ1) is 7.31. The quantitative estimate of drug-likeness (QED) is 0.762. The summed E-state index contributed by atoms with van der Waals surface area (Å²) in [5.74, 6) is 2.54. The smallest absolute Gasteiger partial charge is 0.0726 e. The molecule has 0 saturated heterocycles. The Morgan fingerprint density at radius 3 is 3.00 bits per heavy atom. The van der Waals surface area contributed by atoms with Gasteiger partial charge in [0, 0.05) is 19.8 Å². The molecule has 0 aliphatic heterocycles. The summed E-state index contributed by atoms with van der Waals surface area (Å²) in [6, 6.07) is 0. The molecule has 1 heterocycles. The van der Waals surface area contributed by atoms with Gasteiger partial charge in [-0.25, -0.2) is 0 Å². The molecule has 3 unspecified atom stereocenters. The molecule has 0 radical (unpaired) electrons. The van der Waals surface area contributed by atoms with Crippen LogP contribution in [0.4, 0.5) is 5.69 Å². The van der Waals surface area contributed by atoms with Gasteiger partial charge in [0.1, 0.15) is 0 Å². The summed E-state index contributed by atoms with van der Waals surface area (Å²) in [4.78, 5) is 0. The van der Waals surface area contributed by atoms with Gasteiger partial charge in [-0.2, -0.15) is 5.10 Å². The van der Waals surface area contributed by atoms with E-state index in [-0.39, 0.29) is 0 Å². The van der Waals surface area contributed by atoms with Crippen molar-refractivity contribution in [3.05, 3.63) is 24.5 Å². The van der Waals surface area contributed by atoms with Gasteiger partial charge in [-0.15, -0.1) is 0 Å². The lowest BCUT2D eigenvalue weighted by Crippen LogP contribution is -2.17. The van der Waals surface area contributed by atoms with Crippen molar-refractivity contribution in [1.82, 2.24) is 9.78 Å². The molecule has 1 N–H and O–H groups in total. The third-order valence-corrected chi connectivity index (χ3v) is 3.69. The van der Waals surface area contributed by atoms with Crippen molar-refractivity contribution in [2.24, 2.45) is 24.8 Å². The fourth-order valence-corrected chi connectivity index (χ4v) is 2.89. The third-order valence-electron chi connectivity index (χ3n) is 3.69. The van der Waals surface area contributed by atoms with Crippen LogP contribution in [0.2, 0.25) is 0 Å². The maximum atomic E-state index is 4.15. The van der Waals surface area contributed by atoms with E-state index in [2.05, 4.69) is 22.6 Å². The Balaban J connectivity index is 1.57. The van der Waals surface area contributed by atoms with Crippen molar-refractivity contribution in [2.75, 3.05) is 11.9 Å². The Labute approximate surface area is 90.2 Å². The number of hydrogen-bond acceptors (Lipinski definition) is 2. The lowest BCUT2D eigenvalue weighted by molar-refractivity contribution is 0.472. The predicted molar refractivity (Wildman–Crippen MR) is 60.5 cm³/mol. The van der Waals surface area contributed by atoms with E-state index >= 15 is 0 Å². The molecule has 15 heavy (non-hydrogen) atoms. The highest BCUT2D eigenvalue weighted by Crippen LogP contribution is 2.43. The number of aromatic nitrogens is 2. The normalized spacial score (nSPS) is 32.5. The molecule has 0 aromatic carbocycles. The van der Waals surface area contributed by atoms with E-state index in [1.54, 1.807) is 0 Å². The van der Waals surface area contributed by atoms with E-state index in [9.17, 15) is 0 Å². The molecule has 3 atom stereocenters. The SMILES string of the molecule is Cn1cc(NCC2CC3C=CC2C3)cn1. The fraction of sp³-hybridized carbons (Fsp3) is 0.583. The van der Waals surface area contributed by atoms with Gasteiger partial charge >= 0.3 is 0 Å². The van der Waals surface area contributed by atoms with Gasteiger partial charge < -0.3 is 5.32 Å². The summed E-state index contributed by atoms with van der Waals surface area (Å²) in [6.07, 6.45) is 11.5. The zero-order valence-corrected chi connectivity index (χ0v) is 9.06. The Hall–Kier alpha value is -1.25. The number of nitrogens with zero attached hydrogens (tertiary/aromatic N) is 2. The number of allylic oxidation sites excluding steroid dienone is 2. The minimum atomic E-state index is 0.833. The first kappa shape index (κ1) is 9.01. The molecule has 1 fully saturated rings. The number of nitrogens with one attached hydrogen (secondary N) is 1. The van der Waals surface area contributed by atoms with E-state index < -0.39 is 0 Å². The van der Waals surface area contributed by atoms with Gasteiger partial charge in [0.25, 0.3) is 0 Å². The molecular weight excluding hydrogens is 186 g/mol. The molecule has 3 rings (SSSR count). The van der Waals surface area contributed by atoms with Gasteiger partial charge in [0.2, 0.25) is 0 Å². The topological polar surface area (TPSA) is 29.9 Å². The Kier molecular flexibility index (Phi) is 2.04. The number of fused-ring (bicyclic) bond motifs is 2. The standard InChI is InChI=1S/C12H17N3/c1-15-8-12(7-14-15)13-6-11-5-9-2-3-10(11)4-9/h2-3,7-11,13H,4-6H2,1H3. The van der Waals surface area contributed by atoms with Crippen LogP contribution < -0.4 is 5.32 Å². The van der Waals surface area contributed by atoms with E-state index in [1.807, 2.05) is 24.1 Å². The Bertz CT molecular complexity index is 380. The molecular formula is C12H17N3. The maximum absolute atomic E-state index is 4.15. The monoisotopic (exact) mass is 203 g/mol. The van der Waals surface area contributed by atoms with Crippen molar-refractivity contribution in [1.29, 1.82) is 0 Å². The minimum absolute atomic E-state index is 0.833. The van der Waals surface area contributed by atoms with Crippen molar-refractivity contribution in [3.63, 3.8) is 0 Å². The summed E-state index contributed by atoms with van der Waals surface area (Å²) < 4.78 is 1.84. The van der Waals surface area contributed by atoms with Crippen LogP contribution >= 0.6 is 0 Å². The molecule has 0 amide bonds. The Morgan fingerprint density at radius 1 is 1.47 bits per heavy atom. The molecule has 0 spiro atoms. The van der Waals surface area contributed by atoms with Crippen LogP contribution in [0.3, 0.4) is 0 Å². The summed E-state index contributed by atoms with van der Waals surface area (Å²) >= 11 is 0. The van der Waals surface area contributed by atoms with Gasteiger partial charge in [-0.05, 0) is 30.6 Å². The van der Waals surface area contributed by atoms with Gasteiger partial charge in [0.05, 0.1) is 11.9 Å². The van der Waals surface area contributed by atoms with Crippen LogP contribution in [0, 0.1) is 17.8 Å². The van der Waals surface area contributed by atoms with Crippen LogP contribution in [0.15, 0.2) is 24.5 Å². The summed E-state index contributed by atoms with van der Waals surface area (Å²) in [6.45, 7) is 1.09. The van der Waals surface area contributed by atoms with E-state index in [4.69, 9.17) is 0 Å². The first-order valence-electron chi connectivity index (χ1n) is 5.72. The van der Waals surface area contributed by atoms with Crippen molar-refractivity contribution >= 4 is 5.69 Å². The highest BCUT2D eigenvalue weighted by molar-refractivity contribution is 5.38. The van der Waals surface area contributed by atoms with Crippen molar-refractivity contribution in [2.45, 2.75) is 12.8 Å². The predicted octanol–water partition coefficient (Wildman–Crippen LogP) is 2.04. The first-order valence-corrected chi connectivity index (χ1v) is 5.72. The number of aryl methyl sites for hydroxylation is 1. The van der Waals surface area contributed by atoms with Crippen molar-refractivity contribution < 1.29 is 0 Å². The molecule has 3 nitrogen and oxygen atoms in total. The van der Waals surface area contributed by atoms with Crippen LogP contribution in [0.5, 0.6) is 0 Å². The molecule has 1 aromatic heterocycles. The largest absolute Gasteiger partial charge is 0.382 e. The van der Waals surface area contributed by atoms with Gasteiger partial charge in [0.15, 0.2) is 0 Å². The van der Waals surface area contributed by atoms with Gasteiger partial charge in [-0.3, -0.25) is 4.68 Å². The third kappa shape index (κ3) is 1.66. The second kappa shape index (κ2) is 3.40. The van der Waals surface area contributed by atoms with E-state index in [0.717, 1.165) is 30.0 Å². The highest BCUT2D eigenvalue weighted by atomic mass is 15.3. The Morgan fingerprint density at radius 2 is 2.40 bits per heavy atom. The number of hydrogen-bond donors (Lipinski definition) is 1. The molecule has 3 heteroatoms. The number of rotatable bonds is 3. The molecule has 80 valence electrons. The maximum Gasteiger partial charge on any atom is 0.0726 e. The van der Waals surface area contributed by atoms with Crippen LogP contribution in [0.25, 0.3) is 0 Å². The van der Waals surface area contributed by atoms with Gasteiger partial charge in [-0.1, -0.05) is 12.2 Å². The zero-order valence-electron chi connectivity index (χ0n) is 9.06. The molecule has 1 aromatic rings. The van der Waals surface area contributed by atoms with Crippen LogP contribution in [0.1, 0.15) is 12.8 Å². The fourth-order valence-electron chi connectivity index (χ4n) is 2.89. The summed E-state index contributed by atoms with van der Waals surface area (Å²) in [5, 5.41) is 7.63. The van der Waals surface area contributed by atoms with E-state index in [1.165, 1.54) is 12.8 Å².